The van der Waals surface area contributed by atoms with Crippen molar-refractivity contribution in [1.29, 1.82) is 0 Å². The molecule has 0 bridgehead atoms. The van der Waals surface area contributed by atoms with E-state index in [4.69, 9.17) is 10.7 Å². The van der Waals surface area contributed by atoms with Crippen LogP contribution in [0.1, 0.15) is 6.92 Å². The molecule has 0 fully saturated rings. The predicted molar refractivity (Wildman–Crippen MR) is 31.5 cm³/mol. The second-order valence-corrected chi connectivity index (χ2v) is 12.1. The van der Waals surface area contributed by atoms with Gasteiger partial charge in [0.2, 0.25) is 0 Å². The van der Waals surface area contributed by atoms with E-state index in [0.29, 0.717) is 0 Å². The van der Waals surface area contributed by atoms with Gasteiger partial charge in [0, 0.05) is 0 Å². The molecule has 0 aromatic rings. The summed E-state index contributed by atoms with van der Waals surface area (Å²) in [6.07, 6.45) is 0. The van der Waals surface area contributed by atoms with Gasteiger partial charge in [0.05, 0.1) is 0 Å². The fraction of sp³-hybridized carbons (Fsp3) is 1.00. The Hall–Kier alpha value is 0.503. The van der Waals surface area contributed by atoms with Crippen LogP contribution in [0.5, 0.6) is 0 Å². The molecule has 9 heavy (non-hydrogen) atoms. The molecule has 0 aliphatic heterocycles. The summed E-state index contributed by atoms with van der Waals surface area (Å²) in [7, 11) is 4.95. The molecule has 0 heterocycles. The van der Waals surface area contributed by atoms with Gasteiger partial charge in [0.1, 0.15) is 0 Å². The van der Waals surface area contributed by atoms with E-state index in [0.717, 1.165) is 5.02 Å². The number of rotatable bonds is 4. The Labute approximate surface area is 60.3 Å². The molecule has 0 aliphatic carbocycles. The molecule has 0 aromatic carbocycles. The Morgan fingerprint density at radius 3 is 1.33 bits per heavy atom. The van der Waals surface area contributed by atoms with E-state index in [1.807, 2.05) is 6.92 Å². The summed E-state index contributed by atoms with van der Waals surface area (Å²) in [5.74, 6) is 0. The summed E-state index contributed by atoms with van der Waals surface area (Å²) in [4.78, 5) is 0. The average molecular weight is 188 g/mol. The van der Waals surface area contributed by atoms with Crippen molar-refractivity contribution < 1.29 is 26.5 Å². The van der Waals surface area contributed by atoms with Gasteiger partial charge in [-0.2, -0.15) is 0 Å². The predicted octanol–water partition coefficient (Wildman–Crippen LogP) is 1.26. The standard InChI is InChI=1S/C2H5.3CH3O.Zn/c4*1-2;/h1H2,2H3;3*1H3;/q;3*-1;+3. The topological polar surface area (TPSA) is 27.7 Å². The third-order valence-corrected chi connectivity index (χ3v) is 10.0. The third kappa shape index (κ3) is 2.30. The van der Waals surface area contributed by atoms with E-state index in [2.05, 4.69) is 0 Å². The van der Waals surface area contributed by atoms with Gasteiger partial charge in [0.25, 0.3) is 0 Å². The van der Waals surface area contributed by atoms with Crippen molar-refractivity contribution in [3.8, 4) is 0 Å². The zero-order valence-electron chi connectivity index (χ0n) is 6.64. The second kappa shape index (κ2) is 4.34. The fourth-order valence-corrected chi connectivity index (χ4v) is 5.02. The molecule has 0 radical (unpaired) electrons. The summed E-state index contributed by atoms with van der Waals surface area (Å²) >= 11 is -2.97. The zero-order chi connectivity index (χ0) is 7.33. The fourth-order valence-electron chi connectivity index (χ4n) is 0.966. The Morgan fingerprint density at radius 1 is 1.00 bits per heavy atom. The van der Waals surface area contributed by atoms with E-state index in [1.165, 1.54) is 0 Å². The van der Waals surface area contributed by atoms with Gasteiger partial charge in [-0.3, -0.25) is 0 Å². The van der Waals surface area contributed by atoms with Gasteiger partial charge in [-0.15, -0.1) is 0 Å². The summed E-state index contributed by atoms with van der Waals surface area (Å²) in [5.41, 5.74) is 0. The molecule has 3 nitrogen and oxygen atoms in total. The molecule has 0 spiro atoms. The molecule has 0 aliphatic rings. The Morgan fingerprint density at radius 2 is 1.33 bits per heavy atom. The maximum atomic E-state index is 5.16. The van der Waals surface area contributed by atoms with E-state index in [-0.39, 0.29) is 0 Å². The van der Waals surface area contributed by atoms with Gasteiger partial charge in [-0.25, -0.2) is 0 Å². The van der Waals surface area contributed by atoms with Crippen LogP contribution in [-0.2, 0) is 26.5 Å². The molecule has 0 aromatic heterocycles. The van der Waals surface area contributed by atoms with Gasteiger partial charge in [-0.1, -0.05) is 0 Å². The molecule has 54 valence electrons. The van der Waals surface area contributed by atoms with Crippen molar-refractivity contribution in [1.82, 2.24) is 0 Å². The summed E-state index contributed by atoms with van der Waals surface area (Å²) in [6, 6.07) is 0. The number of hydrogen-bond acceptors (Lipinski definition) is 3. The van der Waals surface area contributed by atoms with Crippen molar-refractivity contribution in [2.24, 2.45) is 0 Å². The molecule has 0 unspecified atom stereocenters. The molecule has 0 rings (SSSR count). The van der Waals surface area contributed by atoms with Crippen LogP contribution < -0.4 is 0 Å². The van der Waals surface area contributed by atoms with Crippen LogP contribution in [0, 0.1) is 0 Å². The van der Waals surface area contributed by atoms with E-state index in [9.17, 15) is 0 Å². The monoisotopic (exact) mass is 186 g/mol. The molecular weight excluding hydrogens is 173 g/mol. The van der Waals surface area contributed by atoms with Crippen molar-refractivity contribution in [2.75, 3.05) is 21.3 Å². The van der Waals surface area contributed by atoms with Gasteiger partial charge >= 0.3 is 59.8 Å². The normalized spacial score (nSPS) is 10.2. The molecular formula is C5H14O3Zn. The van der Waals surface area contributed by atoms with Crippen LogP contribution >= 0.6 is 0 Å². The molecule has 0 saturated carbocycles. The Kier molecular flexibility index (Phi) is 4.58. The molecule has 0 saturated heterocycles. The van der Waals surface area contributed by atoms with Crippen LogP contribution in [0.15, 0.2) is 0 Å². The summed E-state index contributed by atoms with van der Waals surface area (Å²) in [5, 5.41) is 0.896. The Balaban J connectivity index is 3.82. The van der Waals surface area contributed by atoms with Crippen LogP contribution in [0.3, 0.4) is 0 Å². The summed E-state index contributed by atoms with van der Waals surface area (Å²) < 4.78 is 15.5. The molecule has 0 N–H and O–H groups in total. The first-order valence-electron chi connectivity index (χ1n) is 3.30. The molecule has 0 atom stereocenters. The average Bonchev–Trinajstić information content (AvgIpc) is 1.95. The number of hydrogen-bond donors (Lipinski definition) is 0. The minimum atomic E-state index is -2.97. The first kappa shape index (κ1) is 9.50. The van der Waals surface area contributed by atoms with Crippen molar-refractivity contribution >= 4 is 0 Å². The van der Waals surface area contributed by atoms with Crippen molar-refractivity contribution in [2.45, 2.75) is 11.9 Å². The third-order valence-electron chi connectivity index (χ3n) is 1.93. The minimum absolute atomic E-state index is 0.896. The van der Waals surface area contributed by atoms with E-state index < -0.39 is 15.9 Å². The van der Waals surface area contributed by atoms with Crippen LogP contribution in [0.2, 0.25) is 5.02 Å². The van der Waals surface area contributed by atoms with E-state index in [1.54, 1.807) is 21.3 Å². The van der Waals surface area contributed by atoms with Gasteiger partial charge in [-0.05, 0) is 0 Å². The second-order valence-electron chi connectivity index (χ2n) is 2.33. The zero-order valence-corrected chi connectivity index (χ0v) is 9.61. The SMILES string of the molecule is C[CH2][Zn]([O]C)([O]C)[O]C. The van der Waals surface area contributed by atoms with Crippen LogP contribution in [0.25, 0.3) is 0 Å². The van der Waals surface area contributed by atoms with Crippen molar-refractivity contribution in [3.63, 3.8) is 0 Å². The molecule has 4 heteroatoms. The van der Waals surface area contributed by atoms with Gasteiger partial charge in [0.15, 0.2) is 0 Å². The maximum absolute atomic E-state index is 5.16. The van der Waals surface area contributed by atoms with E-state index >= 15 is 0 Å². The van der Waals surface area contributed by atoms with Crippen LogP contribution in [0.4, 0.5) is 0 Å². The first-order valence-corrected chi connectivity index (χ1v) is 9.03. The van der Waals surface area contributed by atoms with Crippen LogP contribution in [-0.4, -0.2) is 21.3 Å². The summed E-state index contributed by atoms with van der Waals surface area (Å²) in [6.45, 7) is 2.02. The van der Waals surface area contributed by atoms with Gasteiger partial charge < -0.3 is 0 Å². The van der Waals surface area contributed by atoms with Crippen molar-refractivity contribution in [3.05, 3.63) is 0 Å². The first-order chi connectivity index (χ1) is 4.24. The quantitative estimate of drug-likeness (QED) is 0.621. The Bertz CT molecular complexity index is 55.1. The molecule has 0 amide bonds.